The van der Waals surface area contributed by atoms with Gasteiger partial charge in [0.25, 0.3) is 0 Å². The lowest BCUT2D eigenvalue weighted by Gasteiger charge is -2.34. The molecule has 1 aromatic heterocycles. The van der Waals surface area contributed by atoms with Crippen LogP contribution in [-0.2, 0) is 16.0 Å². The van der Waals surface area contributed by atoms with Crippen molar-refractivity contribution >= 4 is 35.7 Å². The molecule has 0 spiro atoms. The van der Waals surface area contributed by atoms with Crippen molar-refractivity contribution < 1.29 is 14.0 Å². The summed E-state index contributed by atoms with van der Waals surface area (Å²) in [6.45, 7) is 4.78. The number of nitrogens with one attached hydrogen (secondary N) is 3. The summed E-state index contributed by atoms with van der Waals surface area (Å²) in [5.41, 5.74) is 4.31. The third-order valence-electron chi connectivity index (χ3n) is 5.99. The van der Waals surface area contributed by atoms with Gasteiger partial charge in [0.05, 0.1) is 11.9 Å². The Morgan fingerprint density at radius 1 is 1.32 bits per heavy atom. The zero-order valence-electron chi connectivity index (χ0n) is 19.5. The van der Waals surface area contributed by atoms with Gasteiger partial charge in [0.1, 0.15) is 17.0 Å². The summed E-state index contributed by atoms with van der Waals surface area (Å²) in [5.74, 6) is -0.426. The van der Waals surface area contributed by atoms with Gasteiger partial charge in [0, 0.05) is 31.6 Å². The van der Waals surface area contributed by atoms with E-state index in [4.69, 9.17) is 11.6 Å². The van der Waals surface area contributed by atoms with Crippen molar-refractivity contribution in [2.45, 2.75) is 38.3 Å². The average Bonchev–Trinajstić information content (AvgIpc) is 2.85. The van der Waals surface area contributed by atoms with Crippen molar-refractivity contribution in [3.63, 3.8) is 0 Å². The van der Waals surface area contributed by atoms with Gasteiger partial charge in [-0.1, -0.05) is 35.4 Å². The number of anilines is 1. The molecule has 0 unspecified atom stereocenters. The van der Waals surface area contributed by atoms with Gasteiger partial charge >= 0.3 is 0 Å². The van der Waals surface area contributed by atoms with E-state index in [0.717, 1.165) is 49.3 Å². The SMILES string of the molecule is CC1=Cc2cc(Cl)ncc2NC1.CN(C(=O)[C@H](Cc1ccc(F)cc1)NC=O)C1CCNCC1. The third-order valence-corrected chi connectivity index (χ3v) is 6.19. The van der Waals surface area contributed by atoms with Crippen molar-refractivity contribution in [1.82, 2.24) is 20.5 Å². The van der Waals surface area contributed by atoms with Gasteiger partial charge in [-0.05, 0) is 56.6 Å². The number of halogens is 2. The van der Waals surface area contributed by atoms with E-state index in [-0.39, 0.29) is 17.8 Å². The van der Waals surface area contributed by atoms with Crippen LogP contribution in [0.25, 0.3) is 6.08 Å². The first kappa shape index (κ1) is 25.6. The molecule has 34 heavy (non-hydrogen) atoms. The van der Waals surface area contributed by atoms with Gasteiger partial charge in [-0.15, -0.1) is 0 Å². The van der Waals surface area contributed by atoms with E-state index in [1.54, 1.807) is 30.3 Å². The van der Waals surface area contributed by atoms with Crippen LogP contribution >= 0.6 is 11.6 Å². The van der Waals surface area contributed by atoms with Crippen LogP contribution in [-0.4, -0.2) is 61.0 Å². The van der Waals surface area contributed by atoms with Gasteiger partial charge in [0.2, 0.25) is 12.3 Å². The van der Waals surface area contributed by atoms with E-state index in [9.17, 15) is 14.0 Å². The van der Waals surface area contributed by atoms with Crippen molar-refractivity contribution in [3.05, 3.63) is 64.2 Å². The highest BCUT2D eigenvalue weighted by molar-refractivity contribution is 6.29. The zero-order valence-corrected chi connectivity index (χ0v) is 20.2. The second-order valence-electron chi connectivity index (χ2n) is 8.54. The molecule has 9 heteroatoms. The number of rotatable bonds is 6. The highest BCUT2D eigenvalue weighted by Crippen LogP contribution is 2.24. The molecule has 0 aliphatic carbocycles. The molecule has 2 aliphatic heterocycles. The van der Waals surface area contributed by atoms with E-state index < -0.39 is 6.04 Å². The Balaban J connectivity index is 0.000000226. The van der Waals surface area contributed by atoms with Gasteiger partial charge in [0.15, 0.2) is 0 Å². The van der Waals surface area contributed by atoms with Crippen LogP contribution in [0.15, 0.2) is 42.1 Å². The molecule has 1 saturated heterocycles. The lowest BCUT2D eigenvalue weighted by molar-refractivity contribution is -0.135. The van der Waals surface area contributed by atoms with Crippen LogP contribution in [0.5, 0.6) is 0 Å². The number of aromatic nitrogens is 1. The summed E-state index contributed by atoms with van der Waals surface area (Å²) < 4.78 is 12.9. The number of piperidine rings is 1. The molecule has 1 fully saturated rings. The molecule has 3 N–H and O–H groups in total. The fourth-order valence-electron chi connectivity index (χ4n) is 4.04. The Labute approximate surface area is 204 Å². The number of carbonyl (C=O) groups excluding carboxylic acids is 2. The minimum atomic E-state index is -0.622. The fraction of sp³-hybridized carbons (Fsp3) is 0.400. The van der Waals surface area contributed by atoms with E-state index >= 15 is 0 Å². The van der Waals surface area contributed by atoms with Crippen molar-refractivity contribution in [3.8, 4) is 0 Å². The zero-order chi connectivity index (χ0) is 24.5. The van der Waals surface area contributed by atoms with Crippen LogP contribution < -0.4 is 16.0 Å². The maximum absolute atomic E-state index is 12.9. The topological polar surface area (TPSA) is 86.4 Å². The molecule has 7 nitrogen and oxygen atoms in total. The summed E-state index contributed by atoms with van der Waals surface area (Å²) in [4.78, 5) is 29.1. The predicted molar refractivity (Wildman–Crippen MR) is 133 cm³/mol. The second kappa shape index (κ2) is 12.5. The highest BCUT2D eigenvalue weighted by atomic mass is 35.5. The lowest BCUT2D eigenvalue weighted by atomic mass is 10.0. The Kier molecular flexibility index (Phi) is 9.42. The molecule has 2 aromatic rings. The quantitative estimate of drug-likeness (QED) is 0.430. The van der Waals surface area contributed by atoms with Crippen LogP contribution in [0.3, 0.4) is 0 Å². The molecule has 182 valence electrons. The number of amides is 2. The van der Waals surface area contributed by atoms with Crippen LogP contribution in [0.4, 0.5) is 10.1 Å². The number of carbonyl (C=O) groups is 2. The minimum absolute atomic E-state index is 0.108. The normalized spacial score (nSPS) is 16.1. The first-order valence-corrected chi connectivity index (χ1v) is 11.7. The molecule has 0 radical (unpaired) electrons. The molecule has 3 heterocycles. The number of likely N-dealkylation sites (N-methyl/N-ethyl adjacent to an activating group) is 1. The van der Waals surface area contributed by atoms with E-state index in [2.05, 4.69) is 33.9 Å². The molecule has 1 atom stereocenters. The van der Waals surface area contributed by atoms with Crippen molar-refractivity contribution in [1.29, 1.82) is 0 Å². The third kappa shape index (κ3) is 7.27. The number of nitrogens with zero attached hydrogens (tertiary/aromatic N) is 2. The van der Waals surface area contributed by atoms with Crippen LogP contribution in [0, 0.1) is 5.82 Å². The first-order valence-electron chi connectivity index (χ1n) is 11.4. The van der Waals surface area contributed by atoms with Gasteiger partial charge in [-0.25, -0.2) is 9.37 Å². The molecule has 2 aliphatic rings. The van der Waals surface area contributed by atoms with Crippen LogP contribution in [0.2, 0.25) is 5.15 Å². The Morgan fingerprint density at radius 3 is 2.71 bits per heavy atom. The fourth-order valence-corrected chi connectivity index (χ4v) is 4.20. The summed E-state index contributed by atoms with van der Waals surface area (Å²) >= 11 is 5.76. The molecule has 4 rings (SSSR count). The number of benzene rings is 1. The maximum atomic E-state index is 12.9. The molecule has 0 saturated carbocycles. The number of hydrogen-bond donors (Lipinski definition) is 3. The largest absolute Gasteiger partial charge is 0.380 e. The summed E-state index contributed by atoms with van der Waals surface area (Å²) in [7, 11) is 1.78. The Morgan fingerprint density at radius 2 is 2.03 bits per heavy atom. The second-order valence-corrected chi connectivity index (χ2v) is 8.92. The van der Waals surface area contributed by atoms with Gasteiger partial charge in [-0.3, -0.25) is 9.59 Å². The lowest BCUT2D eigenvalue weighted by Crippen LogP contribution is -2.51. The number of hydrogen-bond acceptors (Lipinski definition) is 5. The van der Waals surface area contributed by atoms with Crippen molar-refractivity contribution in [2.24, 2.45) is 0 Å². The number of pyridine rings is 1. The predicted octanol–water partition coefficient (Wildman–Crippen LogP) is 3.26. The standard InChI is InChI=1S/C16H22FN3O2.C9H9ClN2/c1-20(14-6-8-18-9-7-14)16(22)15(19-11-21)10-12-2-4-13(17)5-3-12;1-6-2-7-3-9(10)12-5-8(7)11-4-6/h2-5,11,14-15,18H,6-10H2,1H3,(H,19,21);2-3,5,11H,4H2,1H3/t15-;/m0./s1. The average molecular weight is 488 g/mol. The Bertz CT molecular complexity index is 1010. The summed E-state index contributed by atoms with van der Waals surface area (Å²) in [6.07, 6.45) is 6.61. The summed E-state index contributed by atoms with van der Waals surface area (Å²) in [6, 6.07) is 7.41. The van der Waals surface area contributed by atoms with Crippen LogP contribution in [0.1, 0.15) is 30.9 Å². The monoisotopic (exact) mass is 487 g/mol. The van der Waals surface area contributed by atoms with E-state index in [1.165, 1.54) is 17.7 Å². The molecule has 2 amide bonds. The van der Waals surface area contributed by atoms with E-state index in [1.807, 2.05) is 6.07 Å². The van der Waals surface area contributed by atoms with Gasteiger partial charge in [-0.2, -0.15) is 0 Å². The highest BCUT2D eigenvalue weighted by Gasteiger charge is 2.27. The molecular weight excluding hydrogens is 457 g/mol. The van der Waals surface area contributed by atoms with E-state index in [0.29, 0.717) is 18.0 Å². The smallest absolute Gasteiger partial charge is 0.245 e. The molecule has 1 aromatic carbocycles. The summed E-state index contributed by atoms with van der Waals surface area (Å²) in [5, 5.41) is 9.64. The van der Waals surface area contributed by atoms with Crippen molar-refractivity contribution in [2.75, 3.05) is 32.0 Å². The number of fused-ring (bicyclic) bond motifs is 1. The first-order chi connectivity index (χ1) is 16.4. The van der Waals surface area contributed by atoms with Gasteiger partial charge < -0.3 is 20.9 Å². The Hall–Kier alpha value is -2.97. The molecule has 0 bridgehead atoms. The minimum Gasteiger partial charge on any atom is -0.380 e. The maximum Gasteiger partial charge on any atom is 0.245 e. The molecular formula is C25H31ClFN5O2.